The summed E-state index contributed by atoms with van der Waals surface area (Å²) in [5.41, 5.74) is 0.566. The number of halogens is 1. The van der Waals surface area contributed by atoms with Gasteiger partial charge in [0.25, 0.3) is 0 Å². The summed E-state index contributed by atoms with van der Waals surface area (Å²) >= 11 is 0. The molecule has 5 nitrogen and oxygen atoms in total. The molecule has 1 heterocycles. The Balaban J connectivity index is 1.89. The van der Waals surface area contributed by atoms with Crippen LogP contribution < -0.4 is 9.46 Å². The number of benzene rings is 2. The minimum atomic E-state index is -3.87. The van der Waals surface area contributed by atoms with Crippen LogP contribution in [-0.2, 0) is 10.0 Å². The zero-order valence-electron chi connectivity index (χ0n) is 13.8. The van der Waals surface area contributed by atoms with E-state index in [9.17, 15) is 12.8 Å². The van der Waals surface area contributed by atoms with Crippen LogP contribution in [0.15, 0.2) is 57.8 Å². The smallest absolute Gasteiger partial charge is 0.241 e. The molecule has 0 radical (unpaired) electrons. The monoisotopic (exact) mass is 363 g/mol. The van der Waals surface area contributed by atoms with Crippen molar-refractivity contribution < 1.29 is 22.0 Å². The van der Waals surface area contributed by atoms with Gasteiger partial charge in [-0.05, 0) is 44.2 Å². The van der Waals surface area contributed by atoms with Crippen molar-refractivity contribution in [3.05, 3.63) is 60.1 Å². The molecular formula is C18H18FNO4S. The highest BCUT2D eigenvalue weighted by Crippen LogP contribution is 2.31. The Morgan fingerprint density at radius 3 is 2.68 bits per heavy atom. The van der Waals surface area contributed by atoms with E-state index in [-0.39, 0.29) is 4.90 Å². The molecule has 0 bridgehead atoms. The van der Waals surface area contributed by atoms with Gasteiger partial charge >= 0.3 is 0 Å². The highest BCUT2D eigenvalue weighted by Gasteiger charge is 2.22. The van der Waals surface area contributed by atoms with Gasteiger partial charge in [0.2, 0.25) is 10.0 Å². The molecule has 0 aliphatic heterocycles. The lowest BCUT2D eigenvalue weighted by Crippen LogP contribution is -2.26. The van der Waals surface area contributed by atoms with Crippen molar-refractivity contribution in [3.8, 4) is 5.75 Å². The van der Waals surface area contributed by atoms with Gasteiger partial charge in [-0.2, -0.15) is 0 Å². The topological polar surface area (TPSA) is 68.5 Å². The maximum Gasteiger partial charge on any atom is 0.241 e. The van der Waals surface area contributed by atoms with E-state index in [0.29, 0.717) is 23.7 Å². The van der Waals surface area contributed by atoms with Crippen LogP contribution in [-0.4, -0.2) is 15.0 Å². The fraction of sp³-hybridized carbons (Fsp3) is 0.222. The first-order valence-electron chi connectivity index (χ1n) is 7.84. The summed E-state index contributed by atoms with van der Waals surface area (Å²) in [6.45, 7) is 4.03. The molecule has 0 saturated carbocycles. The lowest BCUT2D eigenvalue weighted by atomic mass is 10.2. The minimum absolute atomic E-state index is 0.134. The Morgan fingerprint density at radius 1 is 1.20 bits per heavy atom. The maximum absolute atomic E-state index is 13.3. The predicted molar refractivity (Wildman–Crippen MR) is 92.5 cm³/mol. The third kappa shape index (κ3) is 3.67. The van der Waals surface area contributed by atoms with Crippen LogP contribution in [0.5, 0.6) is 5.75 Å². The standard InChI is InChI=1S/C18H18FNO4S/c1-3-23-16-9-4-6-13-10-17(24-18(13)16)12(2)20-25(21,22)15-8-5-7-14(19)11-15/h4-12,20H,3H2,1-2H3/t12-/m0/s1. The summed E-state index contributed by atoms with van der Waals surface area (Å²) < 4.78 is 51.9. The molecule has 0 saturated heterocycles. The van der Waals surface area contributed by atoms with E-state index in [0.717, 1.165) is 11.5 Å². The van der Waals surface area contributed by atoms with Gasteiger partial charge in [-0.15, -0.1) is 0 Å². The van der Waals surface area contributed by atoms with E-state index in [1.165, 1.54) is 18.2 Å². The van der Waals surface area contributed by atoms with Crippen molar-refractivity contribution in [3.63, 3.8) is 0 Å². The Bertz CT molecular complexity index is 997. The molecule has 0 amide bonds. The van der Waals surface area contributed by atoms with Crippen molar-refractivity contribution in [1.82, 2.24) is 4.72 Å². The summed E-state index contributed by atoms with van der Waals surface area (Å²) in [5.74, 6) is 0.439. The summed E-state index contributed by atoms with van der Waals surface area (Å²) in [6, 6.07) is 11.5. The lowest BCUT2D eigenvalue weighted by molar-refractivity contribution is 0.336. The summed E-state index contributed by atoms with van der Waals surface area (Å²) in [7, 11) is -3.87. The number of furan rings is 1. The second-order valence-electron chi connectivity index (χ2n) is 5.56. The number of nitrogens with one attached hydrogen (secondary N) is 1. The molecule has 7 heteroatoms. The number of hydrogen-bond acceptors (Lipinski definition) is 4. The largest absolute Gasteiger partial charge is 0.490 e. The third-order valence-electron chi connectivity index (χ3n) is 3.69. The van der Waals surface area contributed by atoms with Gasteiger partial charge in [0.15, 0.2) is 11.3 Å². The zero-order valence-corrected chi connectivity index (χ0v) is 14.6. The fourth-order valence-corrected chi connectivity index (χ4v) is 3.77. The van der Waals surface area contributed by atoms with Crippen LogP contribution in [0.25, 0.3) is 11.0 Å². The van der Waals surface area contributed by atoms with E-state index in [2.05, 4.69) is 4.72 Å². The molecule has 3 aromatic rings. The van der Waals surface area contributed by atoms with Crippen molar-refractivity contribution in [1.29, 1.82) is 0 Å². The van der Waals surface area contributed by atoms with Crippen LogP contribution in [0, 0.1) is 5.82 Å². The number of hydrogen-bond donors (Lipinski definition) is 1. The Kier molecular flexibility index (Phi) is 4.78. The Morgan fingerprint density at radius 2 is 1.96 bits per heavy atom. The van der Waals surface area contributed by atoms with E-state index in [1.807, 2.05) is 19.1 Å². The molecule has 1 aromatic heterocycles. The van der Waals surface area contributed by atoms with Crippen LogP contribution in [0.2, 0.25) is 0 Å². The third-order valence-corrected chi connectivity index (χ3v) is 5.23. The van der Waals surface area contributed by atoms with E-state index in [4.69, 9.17) is 9.15 Å². The Labute approximate surface area is 145 Å². The van der Waals surface area contributed by atoms with Crippen LogP contribution >= 0.6 is 0 Å². The highest BCUT2D eigenvalue weighted by atomic mass is 32.2. The molecule has 1 N–H and O–H groups in total. The first-order valence-corrected chi connectivity index (χ1v) is 9.32. The van der Waals surface area contributed by atoms with Crippen molar-refractivity contribution in [2.75, 3.05) is 6.61 Å². The van der Waals surface area contributed by atoms with Gasteiger partial charge in [-0.3, -0.25) is 0 Å². The van der Waals surface area contributed by atoms with Gasteiger partial charge in [-0.25, -0.2) is 17.5 Å². The zero-order chi connectivity index (χ0) is 18.0. The summed E-state index contributed by atoms with van der Waals surface area (Å²) in [5, 5.41) is 0.817. The average Bonchev–Trinajstić information content (AvgIpc) is 3.00. The molecule has 0 aliphatic carbocycles. The van der Waals surface area contributed by atoms with Crippen LogP contribution in [0.3, 0.4) is 0 Å². The second kappa shape index (κ2) is 6.85. The molecular weight excluding hydrogens is 345 g/mol. The molecule has 3 rings (SSSR count). The van der Waals surface area contributed by atoms with E-state index < -0.39 is 21.9 Å². The number of ether oxygens (including phenoxy) is 1. The second-order valence-corrected chi connectivity index (χ2v) is 7.27. The molecule has 25 heavy (non-hydrogen) atoms. The van der Waals surface area contributed by atoms with Gasteiger partial charge in [0.05, 0.1) is 17.5 Å². The van der Waals surface area contributed by atoms with Crippen LogP contribution in [0.1, 0.15) is 25.6 Å². The minimum Gasteiger partial charge on any atom is -0.490 e. The molecule has 0 aliphatic rings. The first kappa shape index (κ1) is 17.4. The van der Waals surface area contributed by atoms with E-state index >= 15 is 0 Å². The van der Waals surface area contributed by atoms with E-state index in [1.54, 1.807) is 19.1 Å². The van der Waals surface area contributed by atoms with Gasteiger partial charge < -0.3 is 9.15 Å². The first-order chi connectivity index (χ1) is 11.9. The van der Waals surface area contributed by atoms with Gasteiger partial charge in [0, 0.05) is 5.39 Å². The number of rotatable bonds is 6. The number of fused-ring (bicyclic) bond motifs is 1. The van der Waals surface area contributed by atoms with Crippen molar-refractivity contribution in [2.45, 2.75) is 24.8 Å². The van der Waals surface area contributed by atoms with Crippen molar-refractivity contribution >= 4 is 21.0 Å². The molecule has 1 atom stereocenters. The van der Waals surface area contributed by atoms with Crippen molar-refractivity contribution in [2.24, 2.45) is 0 Å². The highest BCUT2D eigenvalue weighted by molar-refractivity contribution is 7.89. The quantitative estimate of drug-likeness (QED) is 0.718. The van der Waals surface area contributed by atoms with Gasteiger partial charge in [-0.1, -0.05) is 18.2 Å². The maximum atomic E-state index is 13.3. The predicted octanol–water partition coefficient (Wildman–Crippen LogP) is 4.01. The molecule has 132 valence electrons. The lowest BCUT2D eigenvalue weighted by Gasteiger charge is -2.12. The molecule has 0 spiro atoms. The number of sulfonamides is 1. The fourth-order valence-electron chi connectivity index (χ4n) is 2.53. The molecule has 0 unspecified atom stereocenters. The van der Waals surface area contributed by atoms with Gasteiger partial charge in [0.1, 0.15) is 11.6 Å². The summed E-state index contributed by atoms with van der Waals surface area (Å²) in [4.78, 5) is -0.134. The average molecular weight is 363 g/mol. The number of para-hydroxylation sites is 1. The SMILES string of the molecule is CCOc1cccc2cc([C@H](C)NS(=O)(=O)c3cccc(F)c3)oc12. The Hall–Kier alpha value is -2.38. The van der Waals surface area contributed by atoms with Crippen LogP contribution in [0.4, 0.5) is 4.39 Å². The molecule has 2 aromatic carbocycles. The summed E-state index contributed by atoms with van der Waals surface area (Å²) in [6.07, 6.45) is 0. The normalized spacial score (nSPS) is 13.1. The molecule has 0 fully saturated rings.